The van der Waals surface area contributed by atoms with E-state index in [4.69, 9.17) is 10.4 Å². The van der Waals surface area contributed by atoms with Crippen LogP contribution in [0.5, 0.6) is 0 Å². The predicted molar refractivity (Wildman–Crippen MR) is 221 cm³/mol. The van der Waals surface area contributed by atoms with Crippen LogP contribution in [-0.2, 0) is 22.6 Å². The van der Waals surface area contributed by atoms with Gasteiger partial charge in [-0.2, -0.15) is 5.06 Å². The highest BCUT2D eigenvalue weighted by molar-refractivity contribution is 5.97. The SMILES string of the molecule is C[C@@H]1[C@@H](NC(=O)[C@@H]2[C@H]([C@H](C)O)[C@H](CN=[N+]=[N-])ON2Cc2cc(-c3cc(C(=O)N[C@@H](Cc4ccccc4)CN(C)C)cc(N(C)C)c3)ccc2F)C[C@@H]2C[C@@H]1C2(C)C. The standard InChI is InChI=1S/C44H59FN8O4/c1-26-36-21-33(44(36,3)4)22-38(26)49-43(56)41-40(27(2)54)39(23-47-50-46)57-53(41)24-32-17-29(14-15-37(32)45)30-18-31(20-35(19-30)52(7)8)42(55)48-34(25-51(5)6)16-28-12-10-9-11-13-28/h9-15,17-20,26-27,33-34,36,38-41,54H,16,21-25H2,1-8H3,(H,48,55)(H,49,56)/t26-,27-,33-,34-,36-,38-,39-,40+,41-/m0/s1. The van der Waals surface area contributed by atoms with Crippen LogP contribution in [0.4, 0.5) is 10.1 Å². The van der Waals surface area contributed by atoms with Gasteiger partial charge in [-0.25, -0.2) is 4.39 Å². The number of azide groups is 1. The van der Waals surface area contributed by atoms with Crippen LogP contribution in [0.3, 0.4) is 0 Å². The van der Waals surface area contributed by atoms with E-state index in [1.54, 1.807) is 19.1 Å². The molecule has 0 spiro atoms. The minimum Gasteiger partial charge on any atom is -0.393 e. The van der Waals surface area contributed by atoms with Crippen molar-refractivity contribution < 1.29 is 23.9 Å². The summed E-state index contributed by atoms with van der Waals surface area (Å²) in [4.78, 5) is 41.4. The molecule has 7 rings (SSSR count). The largest absolute Gasteiger partial charge is 0.393 e. The van der Waals surface area contributed by atoms with Crippen LogP contribution in [-0.4, -0.2) is 98.5 Å². The Morgan fingerprint density at radius 3 is 2.44 bits per heavy atom. The molecule has 12 nitrogen and oxygen atoms in total. The van der Waals surface area contributed by atoms with E-state index >= 15 is 4.39 Å². The fourth-order valence-corrected chi connectivity index (χ4v) is 9.58. The molecule has 3 saturated carbocycles. The molecule has 3 aliphatic carbocycles. The monoisotopic (exact) mass is 782 g/mol. The van der Waals surface area contributed by atoms with Crippen molar-refractivity contribution in [2.75, 3.05) is 46.2 Å². The van der Waals surface area contributed by atoms with Crippen molar-refractivity contribution in [2.45, 2.75) is 83.8 Å². The number of fused-ring (bicyclic) bond motifs is 2. The van der Waals surface area contributed by atoms with Gasteiger partial charge in [0.05, 0.1) is 25.3 Å². The number of rotatable bonds is 15. The van der Waals surface area contributed by atoms with Crippen LogP contribution in [0.15, 0.2) is 71.8 Å². The van der Waals surface area contributed by atoms with Crippen molar-refractivity contribution in [1.29, 1.82) is 0 Å². The summed E-state index contributed by atoms with van der Waals surface area (Å²) in [6, 6.07) is 19.3. The molecule has 13 heteroatoms. The van der Waals surface area contributed by atoms with Gasteiger partial charge in [-0.1, -0.05) is 62.3 Å². The molecule has 1 aliphatic heterocycles. The molecule has 57 heavy (non-hydrogen) atoms. The Kier molecular flexibility index (Phi) is 13.0. The third kappa shape index (κ3) is 9.29. The first-order valence-electron chi connectivity index (χ1n) is 20.1. The van der Waals surface area contributed by atoms with Crippen LogP contribution < -0.4 is 15.5 Å². The van der Waals surface area contributed by atoms with E-state index in [0.717, 1.165) is 24.1 Å². The van der Waals surface area contributed by atoms with Gasteiger partial charge < -0.3 is 25.5 Å². The maximum atomic E-state index is 15.8. The number of nitrogens with one attached hydrogen (secondary N) is 2. The highest BCUT2D eigenvalue weighted by atomic mass is 19.1. The van der Waals surface area contributed by atoms with Crippen molar-refractivity contribution in [1.82, 2.24) is 20.6 Å². The van der Waals surface area contributed by atoms with Crippen molar-refractivity contribution >= 4 is 17.5 Å². The minimum absolute atomic E-state index is 0.0334. The molecule has 3 aromatic rings. The van der Waals surface area contributed by atoms with Crippen LogP contribution in [0.25, 0.3) is 21.6 Å². The average Bonchev–Trinajstić information content (AvgIpc) is 3.53. The Bertz CT molecular complexity index is 1950. The molecule has 0 aromatic heterocycles. The molecule has 3 aromatic carbocycles. The normalized spacial score (nSPS) is 26.2. The molecule has 2 amide bonds. The van der Waals surface area contributed by atoms with E-state index in [2.05, 4.69) is 58.5 Å². The van der Waals surface area contributed by atoms with E-state index in [1.165, 1.54) is 11.1 Å². The summed E-state index contributed by atoms with van der Waals surface area (Å²) in [7, 11) is 7.77. The number of benzene rings is 3. The third-order valence-corrected chi connectivity index (χ3v) is 12.9. The summed E-state index contributed by atoms with van der Waals surface area (Å²) < 4.78 is 15.8. The first-order valence-corrected chi connectivity index (χ1v) is 20.1. The second kappa shape index (κ2) is 17.5. The summed E-state index contributed by atoms with van der Waals surface area (Å²) in [6.45, 7) is 8.84. The summed E-state index contributed by atoms with van der Waals surface area (Å²) >= 11 is 0. The number of carbonyl (C=O) groups excluding carboxylic acids is 2. The maximum Gasteiger partial charge on any atom is 0.251 e. The lowest BCUT2D eigenvalue weighted by Gasteiger charge is -2.62. The molecular formula is C44H59FN8O4. The van der Waals surface area contributed by atoms with Crippen LogP contribution in [0.1, 0.15) is 62.0 Å². The van der Waals surface area contributed by atoms with Gasteiger partial charge in [0.25, 0.3) is 5.91 Å². The van der Waals surface area contributed by atoms with Crippen molar-refractivity contribution in [3.8, 4) is 11.1 Å². The molecule has 4 aliphatic rings. The number of hydrogen-bond acceptors (Lipinski definition) is 8. The third-order valence-electron chi connectivity index (χ3n) is 12.9. The Morgan fingerprint density at radius 1 is 1.07 bits per heavy atom. The summed E-state index contributed by atoms with van der Waals surface area (Å²) in [5, 5.41) is 22.7. The minimum atomic E-state index is -0.986. The first kappa shape index (κ1) is 42.1. The topological polar surface area (TPSA) is 146 Å². The van der Waals surface area contributed by atoms with Gasteiger partial charge >= 0.3 is 0 Å². The predicted octanol–water partition coefficient (Wildman–Crippen LogP) is 6.44. The van der Waals surface area contributed by atoms with Crippen LogP contribution >= 0.6 is 0 Å². The van der Waals surface area contributed by atoms with E-state index in [9.17, 15) is 14.7 Å². The zero-order valence-electron chi connectivity index (χ0n) is 34.5. The van der Waals surface area contributed by atoms with E-state index in [1.807, 2.05) is 69.5 Å². The number of aliphatic hydroxyl groups excluding tert-OH is 1. The number of aliphatic hydroxyl groups is 1. The molecule has 0 unspecified atom stereocenters. The second-order valence-electron chi connectivity index (χ2n) is 17.6. The second-order valence-corrected chi connectivity index (χ2v) is 17.6. The average molecular weight is 783 g/mol. The van der Waals surface area contributed by atoms with Crippen LogP contribution in [0.2, 0.25) is 0 Å². The number of carbonyl (C=O) groups is 2. The van der Waals surface area contributed by atoms with Gasteiger partial charge in [-0.05, 0) is 116 Å². The Morgan fingerprint density at radius 2 is 1.81 bits per heavy atom. The lowest BCUT2D eigenvalue weighted by Crippen LogP contribution is -2.62. The van der Waals surface area contributed by atoms with Gasteiger partial charge in [0, 0.05) is 60.4 Å². The molecule has 2 bridgehead atoms. The molecule has 1 heterocycles. The molecule has 3 N–H and O–H groups in total. The zero-order valence-corrected chi connectivity index (χ0v) is 34.5. The number of amides is 2. The molecular weight excluding hydrogens is 724 g/mol. The molecule has 4 fully saturated rings. The van der Waals surface area contributed by atoms with Gasteiger partial charge in [0.15, 0.2) is 0 Å². The highest BCUT2D eigenvalue weighted by Gasteiger charge is 2.57. The van der Waals surface area contributed by atoms with Gasteiger partial charge in [0.1, 0.15) is 11.9 Å². The fourth-order valence-electron chi connectivity index (χ4n) is 9.58. The summed E-state index contributed by atoms with van der Waals surface area (Å²) in [5.41, 5.74) is 13.4. The lowest BCUT2D eigenvalue weighted by atomic mass is 9.45. The number of hydroxylamine groups is 2. The van der Waals surface area contributed by atoms with E-state index in [0.29, 0.717) is 41.5 Å². The number of anilines is 1. The molecule has 306 valence electrons. The fraction of sp³-hybridized carbons (Fsp3) is 0.545. The Balaban J connectivity index is 1.28. The van der Waals surface area contributed by atoms with Crippen LogP contribution in [0, 0.1) is 34.9 Å². The smallest absolute Gasteiger partial charge is 0.251 e. The molecule has 9 atom stereocenters. The first-order chi connectivity index (χ1) is 27.1. The van der Waals surface area contributed by atoms with Crippen molar-refractivity contribution in [3.63, 3.8) is 0 Å². The quantitative estimate of drug-likeness (QED) is 0.0914. The van der Waals surface area contributed by atoms with E-state index in [-0.39, 0.29) is 53.9 Å². The number of nitrogens with zero attached hydrogens (tertiary/aromatic N) is 6. The van der Waals surface area contributed by atoms with E-state index < -0.39 is 30.0 Å². The van der Waals surface area contributed by atoms with Crippen molar-refractivity contribution in [3.05, 3.63) is 99.7 Å². The van der Waals surface area contributed by atoms with Crippen molar-refractivity contribution in [2.24, 2.45) is 34.2 Å². The lowest BCUT2D eigenvalue weighted by molar-refractivity contribution is -0.176. The number of halogens is 1. The zero-order chi connectivity index (χ0) is 41.2. The van der Waals surface area contributed by atoms with Gasteiger partial charge in [-0.3, -0.25) is 14.4 Å². The molecule has 0 radical (unpaired) electrons. The highest BCUT2D eigenvalue weighted by Crippen LogP contribution is 2.61. The van der Waals surface area contributed by atoms with Gasteiger partial charge in [0.2, 0.25) is 5.91 Å². The Hall–Kier alpha value is -4.52. The summed E-state index contributed by atoms with van der Waals surface area (Å²) in [5.74, 6) is -0.442. The number of hydrogen-bond donors (Lipinski definition) is 3. The Labute approximate surface area is 336 Å². The molecule has 1 saturated heterocycles. The summed E-state index contributed by atoms with van der Waals surface area (Å²) in [6.07, 6.45) is 0.920. The maximum absolute atomic E-state index is 15.8. The number of likely N-dealkylation sites (N-methyl/N-ethyl adjacent to an activating group) is 1. The van der Waals surface area contributed by atoms with Gasteiger partial charge in [-0.15, -0.1) is 0 Å².